The molecule has 3 rings (SSSR count). The Hall–Kier alpha value is -2.91. The summed E-state index contributed by atoms with van der Waals surface area (Å²) >= 11 is 0. The van der Waals surface area contributed by atoms with E-state index in [-0.39, 0.29) is 35.6 Å². The van der Waals surface area contributed by atoms with Gasteiger partial charge in [0.1, 0.15) is 17.7 Å². The Kier molecular flexibility index (Phi) is 6.50. The fraction of sp³-hybridized carbons (Fsp3) is 0.435. The van der Waals surface area contributed by atoms with Crippen LogP contribution in [0.5, 0.6) is 0 Å². The van der Waals surface area contributed by atoms with E-state index in [1.54, 1.807) is 13.8 Å². The molecule has 6 nitrogen and oxygen atoms in total. The van der Waals surface area contributed by atoms with Gasteiger partial charge in [-0.25, -0.2) is 0 Å². The summed E-state index contributed by atoms with van der Waals surface area (Å²) in [7, 11) is 0. The van der Waals surface area contributed by atoms with Crippen molar-refractivity contribution >= 4 is 5.91 Å². The number of carbonyl (C=O) groups is 1. The zero-order valence-corrected chi connectivity index (χ0v) is 17.2. The Morgan fingerprint density at radius 2 is 2.00 bits per heavy atom. The number of ether oxygens (including phenoxy) is 1. The molecule has 0 spiro atoms. The fourth-order valence-electron chi connectivity index (χ4n) is 3.95. The molecule has 1 amide bonds. The van der Waals surface area contributed by atoms with E-state index in [1.165, 1.54) is 5.56 Å². The van der Waals surface area contributed by atoms with Crippen molar-refractivity contribution in [3.63, 3.8) is 0 Å². The number of hydrogen-bond acceptors (Lipinski definition) is 4. The van der Waals surface area contributed by atoms with Gasteiger partial charge in [-0.3, -0.25) is 9.59 Å². The summed E-state index contributed by atoms with van der Waals surface area (Å²) in [4.78, 5) is 27.2. The molecule has 0 saturated carbocycles. The van der Waals surface area contributed by atoms with Crippen LogP contribution in [0.15, 0.2) is 29.1 Å². The quantitative estimate of drug-likeness (QED) is 0.816. The van der Waals surface area contributed by atoms with Crippen molar-refractivity contribution in [2.45, 2.75) is 58.6 Å². The van der Waals surface area contributed by atoms with Crippen LogP contribution in [0.2, 0.25) is 0 Å². The third kappa shape index (κ3) is 4.75. The first-order valence-corrected chi connectivity index (χ1v) is 10.0. The minimum atomic E-state index is -0.379. The monoisotopic (exact) mass is 393 g/mol. The lowest BCUT2D eigenvalue weighted by atomic mass is 9.94. The van der Waals surface area contributed by atoms with Gasteiger partial charge < -0.3 is 15.0 Å². The first-order valence-electron chi connectivity index (χ1n) is 10.0. The highest BCUT2D eigenvalue weighted by molar-refractivity contribution is 5.76. The summed E-state index contributed by atoms with van der Waals surface area (Å²) in [6, 6.07) is 10.1. The van der Waals surface area contributed by atoms with Gasteiger partial charge >= 0.3 is 0 Å². The number of H-pyrrole nitrogens is 1. The first-order chi connectivity index (χ1) is 13.9. The number of aryl methyl sites for hydroxylation is 2. The second-order valence-corrected chi connectivity index (χ2v) is 7.69. The second-order valence-electron chi connectivity index (χ2n) is 7.69. The number of hydrogen-bond donors (Lipinski definition) is 2. The standard InChI is InChI=1S/C23H27N3O3/c1-14-6-8-17(9-7-14)22-20(5-4-12-29-22)26-21(27)11-10-18-15(2)19(13-24)23(28)25-16(18)3/h6-9,20,22H,4-5,10-12H2,1-3H3,(H,25,28)(H,26,27)/t20-,22+/m1/s1. The molecule has 1 saturated heterocycles. The molecular formula is C23H27N3O3. The van der Waals surface area contributed by atoms with E-state index >= 15 is 0 Å². The molecule has 0 aliphatic carbocycles. The van der Waals surface area contributed by atoms with Crippen molar-refractivity contribution in [2.24, 2.45) is 0 Å². The third-order valence-corrected chi connectivity index (χ3v) is 5.60. The van der Waals surface area contributed by atoms with Crippen molar-refractivity contribution < 1.29 is 9.53 Å². The number of nitrogens with one attached hydrogen (secondary N) is 2. The number of aromatic amines is 1. The number of nitrogens with zero attached hydrogens (tertiary/aromatic N) is 1. The van der Waals surface area contributed by atoms with Crippen LogP contribution < -0.4 is 10.9 Å². The number of nitriles is 1. The highest BCUT2D eigenvalue weighted by Gasteiger charge is 2.28. The van der Waals surface area contributed by atoms with E-state index in [2.05, 4.69) is 34.6 Å². The molecule has 0 bridgehead atoms. The van der Waals surface area contributed by atoms with Crippen LogP contribution in [0, 0.1) is 32.1 Å². The summed E-state index contributed by atoms with van der Waals surface area (Å²) in [5.74, 6) is -0.0545. The van der Waals surface area contributed by atoms with Crippen molar-refractivity contribution in [3.05, 3.63) is 68.1 Å². The maximum absolute atomic E-state index is 12.7. The molecule has 2 aromatic rings. The number of aromatic nitrogens is 1. The van der Waals surface area contributed by atoms with Gasteiger partial charge in [0.2, 0.25) is 5.91 Å². The molecule has 6 heteroatoms. The Balaban J connectivity index is 1.68. The van der Waals surface area contributed by atoms with E-state index in [0.29, 0.717) is 24.3 Å². The van der Waals surface area contributed by atoms with Crippen LogP contribution in [0.4, 0.5) is 0 Å². The van der Waals surface area contributed by atoms with Crippen LogP contribution in [0.3, 0.4) is 0 Å². The number of benzene rings is 1. The Morgan fingerprint density at radius 1 is 1.28 bits per heavy atom. The highest BCUT2D eigenvalue weighted by atomic mass is 16.5. The Morgan fingerprint density at radius 3 is 2.69 bits per heavy atom. The zero-order valence-electron chi connectivity index (χ0n) is 17.2. The van der Waals surface area contributed by atoms with E-state index in [0.717, 1.165) is 24.0 Å². The minimum absolute atomic E-state index is 0.0545. The average Bonchev–Trinajstić information content (AvgIpc) is 2.69. The second kappa shape index (κ2) is 9.06. The van der Waals surface area contributed by atoms with Gasteiger partial charge in [0.15, 0.2) is 0 Å². The predicted molar refractivity (Wildman–Crippen MR) is 111 cm³/mol. The van der Waals surface area contributed by atoms with Crippen LogP contribution in [-0.2, 0) is 16.0 Å². The van der Waals surface area contributed by atoms with Crippen molar-refractivity contribution in [3.8, 4) is 6.07 Å². The van der Waals surface area contributed by atoms with Crippen LogP contribution in [0.1, 0.15) is 58.9 Å². The van der Waals surface area contributed by atoms with Gasteiger partial charge in [-0.05, 0) is 56.7 Å². The molecule has 1 aromatic carbocycles. The lowest BCUT2D eigenvalue weighted by Gasteiger charge is -2.33. The number of pyridine rings is 1. The smallest absolute Gasteiger partial charge is 0.266 e. The number of rotatable bonds is 5. The predicted octanol–water partition coefficient (Wildman–Crippen LogP) is 3.14. The third-order valence-electron chi connectivity index (χ3n) is 5.60. The lowest BCUT2D eigenvalue weighted by Crippen LogP contribution is -2.42. The molecule has 1 aliphatic heterocycles. The maximum Gasteiger partial charge on any atom is 0.266 e. The molecule has 2 N–H and O–H groups in total. The highest BCUT2D eigenvalue weighted by Crippen LogP contribution is 2.29. The van der Waals surface area contributed by atoms with Gasteiger partial charge in [0, 0.05) is 18.7 Å². The van der Waals surface area contributed by atoms with Gasteiger partial charge in [0.05, 0.1) is 6.04 Å². The Bertz CT molecular complexity index is 986. The van der Waals surface area contributed by atoms with Gasteiger partial charge in [-0.15, -0.1) is 0 Å². The summed E-state index contributed by atoms with van der Waals surface area (Å²) in [6.07, 6.45) is 2.40. The SMILES string of the molecule is Cc1ccc([C@@H]2OCCC[C@H]2NC(=O)CCc2c(C)[nH]c(=O)c(C#N)c2C)cc1. The van der Waals surface area contributed by atoms with E-state index < -0.39 is 0 Å². The molecule has 2 heterocycles. The van der Waals surface area contributed by atoms with Crippen molar-refractivity contribution in [1.29, 1.82) is 5.26 Å². The molecular weight excluding hydrogens is 366 g/mol. The topological polar surface area (TPSA) is 95.0 Å². The molecule has 152 valence electrons. The normalized spacial score (nSPS) is 18.8. The molecule has 1 fully saturated rings. The molecule has 1 aromatic heterocycles. The van der Waals surface area contributed by atoms with Crippen molar-refractivity contribution in [1.82, 2.24) is 10.3 Å². The molecule has 2 atom stereocenters. The zero-order chi connectivity index (χ0) is 21.0. The van der Waals surface area contributed by atoms with Crippen LogP contribution >= 0.6 is 0 Å². The summed E-state index contributed by atoms with van der Waals surface area (Å²) in [5, 5.41) is 12.3. The summed E-state index contributed by atoms with van der Waals surface area (Å²) in [5.41, 5.74) is 4.21. The maximum atomic E-state index is 12.7. The largest absolute Gasteiger partial charge is 0.371 e. The lowest BCUT2D eigenvalue weighted by molar-refractivity contribution is -0.124. The van der Waals surface area contributed by atoms with E-state index in [9.17, 15) is 14.9 Å². The van der Waals surface area contributed by atoms with Crippen LogP contribution in [-0.4, -0.2) is 23.5 Å². The molecule has 0 unspecified atom stereocenters. The summed E-state index contributed by atoms with van der Waals surface area (Å²) in [6.45, 7) is 6.29. The first kappa shape index (κ1) is 20.8. The number of carbonyl (C=O) groups excluding carboxylic acids is 1. The Labute approximate surface area is 170 Å². The van der Waals surface area contributed by atoms with Gasteiger partial charge in [-0.2, -0.15) is 5.26 Å². The van der Waals surface area contributed by atoms with Gasteiger partial charge in [-0.1, -0.05) is 29.8 Å². The fourth-order valence-corrected chi connectivity index (χ4v) is 3.95. The molecule has 29 heavy (non-hydrogen) atoms. The average molecular weight is 393 g/mol. The number of amides is 1. The minimum Gasteiger partial charge on any atom is -0.371 e. The van der Waals surface area contributed by atoms with Crippen molar-refractivity contribution in [2.75, 3.05) is 6.61 Å². The van der Waals surface area contributed by atoms with Gasteiger partial charge in [0.25, 0.3) is 5.56 Å². The van der Waals surface area contributed by atoms with E-state index in [1.807, 2.05) is 13.0 Å². The van der Waals surface area contributed by atoms with Crippen LogP contribution in [0.25, 0.3) is 0 Å². The molecule has 1 aliphatic rings. The molecule has 0 radical (unpaired) electrons. The summed E-state index contributed by atoms with van der Waals surface area (Å²) < 4.78 is 5.97. The van der Waals surface area contributed by atoms with E-state index in [4.69, 9.17) is 4.74 Å².